The number of anilines is 1. The van der Waals surface area contributed by atoms with Crippen LogP contribution < -0.4 is 14.8 Å². The predicted molar refractivity (Wildman–Crippen MR) is 104 cm³/mol. The van der Waals surface area contributed by atoms with Crippen molar-refractivity contribution in [2.75, 3.05) is 26.1 Å². The van der Waals surface area contributed by atoms with Crippen LogP contribution in [-0.4, -0.2) is 32.7 Å². The Balaban J connectivity index is 2.42. The Labute approximate surface area is 166 Å². The van der Waals surface area contributed by atoms with Crippen LogP contribution in [0.4, 0.5) is 5.69 Å². The van der Waals surface area contributed by atoms with Gasteiger partial charge in [-0.05, 0) is 12.1 Å². The maximum absolute atomic E-state index is 12.6. The number of carbonyl (C=O) groups is 2. The molecule has 0 aromatic heterocycles. The maximum Gasteiger partial charge on any atom is 0.340 e. The molecule has 0 saturated heterocycles. The van der Waals surface area contributed by atoms with Gasteiger partial charge < -0.3 is 19.5 Å². The van der Waals surface area contributed by atoms with Crippen LogP contribution in [0.5, 0.6) is 11.5 Å². The van der Waals surface area contributed by atoms with E-state index < -0.39 is 11.9 Å². The molecule has 0 fully saturated rings. The summed E-state index contributed by atoms with van der Waals surface area (Å²) in [6.07, 6.45) is 0. The number of nitrogens with one attached hydrogen (secondary N) is 1. The highest BCUT2D eigenvalue weighted by atomic mass is 35.5. The van der Waals surface area contributed by atoms with E-state index in [0.717, 1.165) is 0 Å². The first-order valence-electron chi connectivity index (χ1n) is 7.69. The summed E-state index contributed by atoms with van der Waals surface area (Å²) in [6, 6.07) is 9.40. The third-order valence-electron chi connectivity index (χ3n) is 3.47. The zero-order chi connectivity index (χ0) is 20.0. The Morgan fingerprint density at radius 1 is 1.07 bits per heavy atom. The van der Waals surface area contributed by atoms with Crippen molar-refractivity contribution in [2.24, 2.45) is 0 Å². The van der Waals surface area contributed by atoms with Gasteiger partial charge in [-0.2, -0.15) is 0 Å². The fourth-order valence-electron chi connectivity index (χ4n) is 2.21. The molecule has 0 atom stereocenters. The van der Waals surface area contributed by atoms with E-state index in [-0.39, 0.29) is 33.5 Å². The molecule has 0 heterocycles. The lowest BCUT2D eigenvalue weighted by Gasteiger charge is -2.15. The molecule has 0 unspecified atom stereocenters. The monoisotopic (exact) mass is 409 g/mol. The zero-order valence-electron chi connectivity index (χ0n) is 14.7. The van der Waals surface area contributed by atoms with Crippen molar-refractivity contribution in [3.05, 3.63) is 64.2 Å². The number of hydrogen-bond acceptors (Lipinski definition) is 5. The lowest BCUT2D eigenvalue weighted by atomic mass is 10.1. The Kier molecular flexibility index (Phi) is 7.10. The normalized spacial score (nSPS) is 10.1. The van der Waals surface area contributed by atoms with E-state index in [2.05, 4.69) is 11.9 Å². The van der Waals surface area contributed by atoms with Crippen LogP contribution in [0.15, 0.2) is 48.0 Å². The van der Waals surface area contributed by atoms with Crippen molar-refractivity contribution < 1.29 is 23.8 Å². The van der Waals surface area contributed by atoms with Gasteiger partial charge in [0.05, 0.1) is 36.1 Å². The predicted octanol–water partition coefficient (Wildman–Crippen LogP) is 4.52. The van der Waals surface area contributed by atoms with E-state index in [0.29, 0.717) is 11.5 Å². The van der Waals surface area contributed by atoms with Crippen LogP contribution in [0.2, 0.25) is 5.02 Å². The zero-order valence-corrected chi connectivity index (χ0v) is 16.2. The molecule has 0 spiro atoms. The Morgan fingerprint density at radius 2 is 1.70 bits per heavy atom. The van der Waals surface area contributed by atoms with Gasteiger partial charge in [0.1, 0.15) is 6.61 Å². The number of hydrogen-bond donors (Lipinski definition) is 1. The molecule has 1 amide bonds. The van der Waals surface area contributed by atoms with Gasteiger partial charge in [-0.15, -0.1) is 0 Å². The molecule has 0 aliphatic heterocycles. The second-order valence-electron chi connectivity index (χ2n) is 5.28. The van der Waals surface area contributed by atoms with Crippen molar-refractivity contribution >= 4 is 40.8 Å². The molecule has 0 bridgehead atoms. The molecule has 2 rings (SSSR count). The van der Waals surface area contributed by atoms with E-state index in [9.17, 15) is 9.59 Å². The molecule has 0 saturated carbocycles. The Hall–Kier alpha value is -2.70. The molecule has 2 aromatic rings. The fourth-order valence-corrected chi connectivity index (χ4v) is 2.48. The van der Waals surface area contributed by atoms with Gasteiger partial charge in [0.25, 0.3) is 5.91 Å². The van der Waals surface area contributed by atoms with E-state index in [1.54, 1.807) is 24.3 Å². The minimum Gasteiger partial charge on any atom is -0.493 e. The van der Waals surface area contributed by atoms with Gasteiger partial charge in [0.15, 0.2) is 11.5 Å². The summed E-state index contributed by atoms with van der Waals surface area (Å²) in [4.78, 5) is 25.0. The first kappa shape index (κ1) is 20.6. The van der Waals surface area contributed by atoms with Crippen molar-refractivity contribution in [1.82, 2.24) is 0 Å². The quantitative estimate of drug-likeness (QED) is 0.680. The second-order valence-corrected chi connectivity index (χ2v) is 6.22. The minimum atomic E-state index is -0.716. The van der Waals surface area contributed by atoms with E-state index >= 15 is 0 Å². The summed E-state index contributed by atoms with van der Waals surface area (Å²) in [5.74, 6) is -0.592. The number of amides is 1. The average molecular weight is 410 g/mol. The molecule has 8 heteroatoms. The first-order chi connectivity index (χ1) is 12.9. The molecular formula is C19H17Cl2NO5. The molecular weight excluding hydrogens is 393 g/mol. The lowest BCUT2D eigenvalue weighted by Crippen LogP contribution is -2.17. The summed E-state index contributed by atoms with van der Waals surface area (Å²) in [7, 11) is 2.86. The number of methoxy groups -OCH3 is 2. The number of halogens is 2. The summed E-state index contributed by atoms with van der Waals surface area (Å²) >= 11 is 11.7. The van der Waals surface area contributed by atoms with Crippen LogP contribution in [-0.2, 0) is 4.74 Å². The highest BCUT2D eigenvalue weighted by Crippen LogP contribution is 2.34. The summed E-state index contributed by atoms with van der Waals surface area (Å²) in [5, 5.41) is 3.08. The molecule has 0 radical (unpaired) electrons. The second kappa shape index (κ2) is 9.30. The third-order valence-corrected chi connectivity index (χ3v) is 3.91. The van der Waals surface area contributed by atoms with Crippen molar-refractivity contribution in [3.63, 3.8) is 0 Å². The highest BCUT2D eigenvalue weighted by molar-refractivity contribution is 6.34. The van der Waals surface area contributed by atoms with Crippen molar-refractivity contribution in [2.45, 2.75) is 0 Å². The highest BCUT2D eigenvalue weighted by Gasteiger charge is 2.21. The smallest absolute Gasteiger partial charge is 0.340 e. The summed E-state index contributed by atoms with van der Waals surface area (Å²) < 4.78 is 15.5. The number of carbonyl (C=O) groups excluding carboxylic acids is 2. The van der Waals surface area contributed by atoms with Gasteiger partial charge in [0.2, 0.25) is 0 Å². The minimum absolute atomic E-state index is 0.0611. The Bertz CT molecular complexity index is 882. The SMILES string of the molecule is C=C(Cl)COC(=O)c1cc(OC)c(OC)cc1NC(=O)c1ccccc1Cl. The van der Waals surface area contributed by atoms with Crippen LogP contribution in [0.1, 0.15) is 20.7 Å². The first-order valence-corrected chi connectivity index (χ1v) is 8.45. The lowest BCUT2D eigenvalue weighted by molar-refractivity contribution is 0.0547. The van der Waals surface area contributed by atoms with Crippen molar-refractivity contribution in [3.8, 4) is 11.5 Å². The topological polar surface area (TPSA) is 73.9 Å². The van der Waals surface area contributed by atoms with Crippen LogP contribution in [0.3, 0.4) is 0 Å². The number of esters is 1. The summed E-state index contributed by atoms with van der Waals surface area (Å²) in [5.41, 5.74) is 0.483. The third kappa shape index (κ3) is 5.15. The van der Waals surface area contributed by atoms with Crippen LogP contribution >= 0.6 is 23.2 Å². The maximum atomic E-state index is 12.6. The fraction of sp³-hybridized carbons (Fsp3) is 0.158. The van der Waals surface area contributed by atoms with E-state index in [1.807, 2.05) is 0 Å². The number of ether oxygens (including phenoxy) is 3. The van der Waals surface area contributed by atoms with E-state index in [4.69, 9.17) is 37.4 Å². The molecule has 0 aliphatic rings. The molecule has 2 aromatic carbocycles. The largest absolute Gasteiger partial charge is 0.493 e. The molecule has 142 valence electrons. The average Bonchev–Trinajstić information content (AvgIpc) is 2.65. The standard InChI is InChI=1S/C19H17Cl2NO5/c1-11(20)10-27-19(24)13-8-16(25-2)17(26-3)9-15(13)22-18(23)12-6-4-5-7-14(12)21/h4-9H,1,10H2,2-3H3,(H,22,23). The van der Waals surface area contributed by atoms with E-state index in [1.165, 1.54) is 26.4 Å². The summed E-state index contributed by atoms with van der Waals surface area (Å²) in [6.45, 7) is 3.29. The van der Waals surface area contributed by atoms with Gasteiger partial charge in [-0.3, -0.25) is 4.79 Å². The van der Waals surface area contributed by atoms with Gasteiger partial charge in [0, 0.05) is 17.2 Å². The van der Waals surface area contributed by atoms with Gasteiger partial charge in [-0.1, -0.05) is 41.9 Å². The number of rotatable bonds is 7. The van der Waals surface area contributed by atoms with Crippen molar-refractivity contribution in [1.29, 1.82) is 0 Å². The Morgan fingerprint density at radius 3 is 2.30 bits per heavy atom. The van der Waals surface area contributed by atoms with Gasteiger partial charge >= 0.3 is 5.97 Å². The molecule has 6 nitrogen and oxygen atoms in total. The molecule has 27 heavy (non-hydrogen) atoms. The molecule has 1 N–H and O–H groups in total. The van der Waals surface area contributed by atoms with Gasteiger partial charge in [-0.25, -0.2) is 4.79 Å². The molecule has 0 aliphatic carbocycles. The van der Waals surface area contributed by atoms with Crippen LogP contribution in [0, 0.1) is 0 Å². The number of benzene rings is 2. The van der Waals surface area contributed by atoms with Crippen LogP contribution in [0.25, 0.3) is 0 Å².